The van der Waals surface area contributed by atoms with Crippen LogP contribution in [0.5, 0.6) is 0 Å². The van der Waals surface area contributed by atoms with Crippen molar-refractivity contribution in [3.05, 3.63) is 30.1 Å². The Kier molecular flexibility index (Phi) is 5.04. The molecule has 4 rings (SSSR count). The van der Waals surface area contributed by atoms with Gasteiger partial charge in [0.15, 0.2) is 0 Å². The molecule has 5 nitrogen and oxygen atoms in total. The minimum atomic E-state index is -0.137. The summed E-state index contributed by atoms with van der Waals surface area (Å²) in [4.78, 5) is 21.4. The summed E-state index contributed by atoms with van der Waals surface area (Å²) in [5, 5.41) is 0. The van der Waals surface area contributed by atoms with Crippen molar-refractivity contribution in [1.29, 1.82) is 0 Å². The smallest absolute Gasteiger partial charge is 0.255 e. The van der Waals surface area contributed by atoms with Crippen molar-refractivity contribution < 1.29 is 9.53 Å². The van der Waals surface area contributed by atoms with Gasteiger partial charge in [-0.1, -0.05) is 12.8 Å². The number of aromatic nitrogens is 1. The summed E-state index contributed by atoms with van der Waals surface area (Å²) >= 11 is 0. The Morgan fingerprint density at radius 1 is 1.24 bits per heavy atom. The molecule has 0 N–H and O–H groups in total. The molecule has 1 aromatic heterocycles. The fourth-order valence-electron chi connectivity index (χ4n) is 4.69. The molecular formula is C20H29N3O2. The van der Waals surface area contributed by atoms with Gasteiger partial charge in [-0.3, -0.25) is 9.78 Å². The molecule has 2 saturated heterocycles. The second kappa shape index (κ2) is 7.42. The molecule has 25 heavy (non-hydrogen) atoms. The lowest BCUT2D eigenvalue weighted by Gasteiger charge is -2.47. The molecule has 2 aliphatic heterocycles. The lowest BCUT2D eigenvalue weighted by Crippen LogP contribution is -2.58. The Morgan fingerprint density at radius 2 is 2.04 bits per heavy atom. The number of morpholine rings is 1. The van der Waals surface area contributed by atoms with Gasteiger partial charge in [0, 0.05) is 38.6 Å². The number of amides is 1. The molecule has 0 aromatic carbocycles. The summed E-state index contributed by atoms with van der Waals surface area (Å²) < 4.78 is 6.20. The second-order valence-electron chi connectivity index (χ2n) is 7.95. The highest BCUT2D eigenvalue weighted by Crippen LogP contribution is 2.32. The molecule has 0 radical (unpaired) electrons. The van der Waals surface area contributed by atoms with Crippen molar-refractivity contribution in [2.24, 2.45) is 5.92 Å². The van der Waals surface area contributed by atoms with Gasteiger partial charge >= 0.3 is 0 Å². The maximum Gasteiger partial charge on any atom is 0.255 e. The molecule has 1 spiro atoms. The molecule has 5 heteroatoms. The first-order valence-electron chi connectivity index (χ1n) is 9.80. The number of hydrogen-bond donors (Lipinski definition) is 0. The largest absolute Gasteiger partial charge is 0.371 e. The quantitative estimate of drug-likeness (QED) is 0.846. The Bertz CT molecular complexity index is 578. The molecule has 1 amide bonds. The minimum Gasteiger partial charge on any atom is -0.371 e. The van der Waals surface area contributed by atoms with E-state index in [1.54, 1.807) is 12.4 Å². The van der Waals surface area contributed by atoms with Crippen LogP contribution in [0.25, 0.3) is 0 Å². The zero-order chi connectivity index (χ0) is 17.1. The zero-order valence-corrected chi connectivity index (χ0v) is 15.0. The van der Waals surface area contributed by atoms with E-state index in [0.717, 1.165) is 38.4 Å². The first-order valence-corrected chi connectivity index (χ1v) is 9.80. The van der Waals surface area contributed by atoms with Gasteiger partial charge in [-0.15, -0.1) is 0 Å². The summed E-state index contributed by atoms with van der Waals surface area (Å²) in [6.45, 7) is 5.51. The van der Waals surface area contributed by atoms with E-state index in [2.05, 4.69) is 9.88 Å². The number of nitrogens with zero attached hydrogens (tertiary/aromatic N) is 3. The minimum absolute atomic E-state index is 0.0872. The third kappa shape index (κ3) is 3.87. The third-order valence-corrected chi connectivity index (χ3v) is 6.20. The maximum absolute atomic E-state index is 12.7. The zero-order valence-electron chi connectivity index (χ0n) is 15.0. The molecule has 0 bridgehead atoms. The monoisotopic (exact) mass is 343 g/mol. The van der Waals surface area contributed by atoms with E-state index in [0.29, 0.717) is 18.7 Å². The number of piperidine rings is 1. The van der Waals surface area contributed by atoms with Crippen molar-refractivity contribution in [3.8, 4) is 0 Å². The van der Waals surface area contributed by atoms with Crippen molar-refractivity contribution in [1.82, 2.24) is 14.8 Å². The molecular weight excluding hydrogens is 314 g/mol. The predicted molar refractivity (Wildman–Crippen MR) is 96.5 cm³/mol. The lowest BCUT2D eigenvalue weighted by molar-refractivity contribution is -0.128. The Labute approximate surface area is 150 Å². The van der Waals surface area contributed by atoms with Crippen LogP contribution in [0.4, 0.5) is 0 Å². The van der Waals surface area contributed by atoms with Crippen molar-refractivity contribution in [2.75, 3.05) is 39.3 Å². The summed E-state index contributed by atoms with van der Waals surface area (Å²) in [7, 11) is 0. The fraction of sp³-hybridized carbons (Fsp3) is 0.700. The van der Waals surface area contributed by atoms with E-state index in [1.165, 1.54) is 32.2 Å². The third-order valence-electron chi connectivity index (χ3n) is 6.20. The normalized spacial score (nSPS) is 24.7. The van der Waals surface area contributed by atoms with Crippen LogP contribution >= 0.6 is 0 Å². The summed E-state index contributed by atoms with van der Waals surface area (Å²) in [6.07, 6.45) is 11.1. The molecule has 3 heterocycles. The van der Waals surface area contributed by atoms with Gasteiger partial charge in [0.1, 0.15) is 0 Å². The highest BCUT2D eigenvalue weighted by molar-refractivity contribution is 5.94. The van der Waals surface area contributed by atoms with Gasteiger partial charge in [0.25, 0.3) is 5.91 Å². The van der Waals surface area contributed by atoms with Gasteiger partial charge in [0.2, 0.25) is 0 Å². The van der Waals surface area contributed by atoms with Gasteiger partial charge in [-0.2, -0.15) is 0 Å². The number of pyridine rings is 1. The van der Waals surface area contributed by atoms with E-state index in [4.69, 9.17) is 4.74 Å². The van der Waals surface area contributed by atoms with Crippen LogP contribution in [0, 0.1) is 5.92 Å². The molecule has 1 aliphatic carbocycles. The average Bonchev–Trinajstić information content (AvgIpc) is 3.17. The molecule has 0 unspecified atom stereocenters. The standard InChI is InChI=1S/C20H29N3O2/c24-19(18-6-3-9-21-14-18)23-12-13-25-20(16-23)7-10-22(11-8-20)15-17-4-1-2-5-17/h3,6,9,14,17H,1-2,4-5,7-8,10-13,15-16H2. The first-order chi connectivity index (χ1) is 12.2. The first kappa shape index (κ1) is 17.0. The van der Waals surface area contributed by atoms with Crippen molar-refractivity contribution >= 4 is 5.91 Å². The van der Waals surface area contributed by atoms with E-state index in [9.17, 15) is 4.79 Å². The van der Waals surface area contributed by atoms with Gasteiger partial charge in [-0.05, 0) is 43.7 Å². The molecule has 136 valence electrons. The second-order valence-corrected chi connectivity index (χ2v) is 7.95. The van der Waals surface area contributed by atoms with Crippen LogP contribution in [0.2, 0.25) is 0 Å². The highest BCUT2D eigenvalue weighted by Gasteiger charge is 2.41. The fourth-order valence-corrected chi connectivity index (χ4v) is 4.69. The number of ether oxygens (including phenoxy) is 1. The van der Waals surface area contributed by atoms with Gasteiger partial charge in [0.05, 0.1) is 24.3 Å². The number of rotatable bonds is 3. The molecule has 3 aliphatic rings. The summed E-state index contributed by atoms with van der Waals surface area (Å²) in [5.41, 5.74) is 0.542. The molecule has 1 aromatic rings. The SMILES string of the molecule is O=C(c1cccnc1)N1CCOC2(CCN(CC3CCCC3)CC2)C1. The Hall–Kier alpha value is -1.46. The number of carbonyl (C=O) groups is 1. The van der Waals surface area contributed by atoms with Crippen LogP contribution in [-0.2, 0) is 4.74 Å². The van der Waals surface area contributed by atoms with Crippen LogP contribution < -0.4 is 0 Å². The maximum atomic E-state index is 12.7. The molecule has 1 saturated carbocycles. The Morgan fingerprint density at radius 3 is 2.76 bits per heavy atom. The van der Waals surface area contributed by atoms with Crippen LogP contribution in [0.15, 0.2) is 24.5 Å². The highest BCUT2D eigenvalue weighted by atomic mass is 16.5. The topological polar surface area (TPSA) is 45.7 Å². The van der Waals surface area contributed by atoms with Crippen LogP contribution in [-0.4, -0.2) is 65.6 Å². The van der Waals surface area contributed by atoms with E-state index >= 15 is 0 Å². The predicted octanol–water partition coefficient (Wildman–Crippen LogP) is 2.58. The van der Waals surface area contributed by atoms with Crippen LogP contribution in [0.3, 0.4) is 0 Å². The van der Waals surface area contributed by atoms with E-state index < -0.39 is 0 Å². The average molecular weight is 343 g/mol. The number of likely N-dealkylation sites (tertiary alicyclic amines) is 1. The lowest BCUT2D eigenvalue weighted by atomic mass is 9.88. The molecule has 0 atom stereocenters. The van der Waals surface area contributed by atoms with Crippen molar-refractivity contribution in [3.63, 3.8) is 0 Å². The number of carbonyl (C=O) groups excluding carboxylic acids is 1. The summed E-state index contributed by atoms with van der Waals surface area (Å²) in [5.74, 6) is 0.995. The van der Waals surface area contributed by atoms with Crippen LogP contribution in [0.1, 0.15) is 48.9 Å². The van der Waals surface area contributed by atoms with Gasteiger partial charge in [-0.25, -0.2) is 0 Å². The number of hydrogen-bond acceptors (Lipinski definition) is 4. The van der Waals surface area contributed by atoms with Crippen molar-refractivity contribution in [2.45, 2.75) is 44.1 Å². The molecule has 3 fully saturated rings. The van der Waals surface area contributed by atoms with E-state index in [1.807, 2.05) is 17.0 Å². The van der Waals surface area contributed by atoms with Gasteiger partial charge < -0.3 is 14.5 Å². The summed E-state index contributed by atoms with van der Waals surface area (Å²) in [6, 6.07) is 3.67. The Balaban J connectivity index is 1.34. The van der Waals surface area contributed by atoms with E-state index in [-0.39, 0.29) is 11.5 Å².